The minimum Gasteiger partial charge on any atom is -0.497 e. The van der Waals surface area contributed by atoms with Gasteiger partial charge in [0.15, 0.2) is 0 Å². The van der Waals surface area contributed by atoms with Crippen LogP contribution in [0, 0.1) is 0 Å². The third kappa shape index (κ3) is 4.88. The Morgan fingerprint density at radius 3 is 1.96 bits per heavy atom. The zero-order chi connectivity index (χ0) is 19.1. The van der Waals surface area contributed by atoms with E-state index in [1.165, 1.54) is 16.7 Å². The van der Waals surface area contributed by atoms with Crippen LogP contribution < -0.4 is 4.74 Å². The Labute approximate surface area is 169 Å². The second kappa shape index (κ2) is 9.54. The molecule has 3 aromatic carbocycles. The van der Waals surface area contributed by atoms with Gasteiger partial charge < -0.3 is 9.84 Å². The first kappa shape index (κ1) is 19.4. The van der Waals surface area contributed by atoms with Crippen LogP contribution in [-0.4, -0.2) is 18.8 Å². The highest BCUT2D eigenvalue weighted by Gasteiger charge is 2.14. The van der Waals surface area contributed by atoms with E-state index in [4.69, 9.17) is 4.74 Å². The third-order valence-corrected chi connectivity index (χ3v) is 5.05. The molecule has 1 N–H and O–H groups in total. The first-order valence-corrected chi connectivity index (χ1v) is 9.82. The SMILES string of the molecule is COc1ccc(/C(=C(/CCCO)c2ccccc2)c2ccc(Br)cc2)cc1. The molecule has 0 aliphatic carbocycles. The van der Waals surface area contributed by atoms with Crippen LogP contribution in [0.25, 0.3) is 11.1 Å². The molecule has 0 atom stereocenters. The Balaban J connectivity index is 2.23. The summed E-state index contributed by atoms with van der Waals surface area (Å²) in [5.74, 6) is 0.838. The molecule has 138 valence electrons. The molecule has 3 aromatic rings. The maximum Gasteiger partial charge on any atom is 0.118 e. The maximum atomic E-state index is 9.44. The number of rotatable bonds is 7. The predicted octanol–water partition coefficient (Wildman–Crippen LogP) is 6.19. The fourth-order valence-corrected chi connectivity index (χ4v) is 3.46. The van der Waals surface area contributed by atoms with E-state index in [1.54, 1.807) is 7.11 Å². The van der Waals surface area contributed by atoms with Crippen LogP contribution in [0.3, 0.4) is 0 Å². The molecule has 0 aliphatic heterocycles. The highest BCUT2D eigenvalue weighted by atomic mass is 79.9. The molecule has 0 heterocycles. The Hall–Kier alpha value is -2.36. The number of methoxy groups -OCH3 is 1. The molecule has 0 aromatic heterocycles. The van der Waals surface area contributed by atoms with Crippen LogP contribution in [0.4, 0.5) is 0 Å². The summed E-state index contributed by atoms with van der Waals surface area (Å²) in [5.41, 5.74) is 5.89. The summed E-state index contributed by atoms with van der Waals surface area (Å²) in [6.07, 6.45) is 1.53. The van der Waals surface area contributed by atoms with Crippen LogP contribution in [-0.2, 0) is 0 Å². The lowest BCUT2D eigenvalue weighted by molar-refractivity contribution is 0.290. The largest absolute Gasteiger partial charge is 0.497 e. The normalized spacial score (nSPS) is 11.8. The molecule has 0 unspecified atom stereocenters. The molecule has 0 bridgehead atoms. The summed E-state index contributed by atoms with van der Waals surface area (Å²) >= 11 is 3.53. The maximum absolute atomic E-state index is 9.44. The highest BCUT2D eigenvalue weighted by Crippen LogP contribution is 2.36. The van der Waals surface area contributed by atoms with Crippen molar-refractivity contribution in [3.63, 3.8) is 0 Å². The lowest BCUT2D eigenvalue weighted by Gasteiger charge is -2.18. The molecule has 3 heteroatoms. The summed E-state index contributed by atoms with van der Waals surface area (Å²) in [4.78, 5) is 0. The van der Waals surface area contributed by atoms with Gasteiger partial charge in [-0.25, -0.2) is 0 Å². The van der Waals surface area contributed by atoms with Crippen LogP contribution in [0.2, 0.25) is 0 Å². The van der Waals surface area contributed by atoms with Crippen molar-refractivity contribution in [3.05, 3.63) is 100 Å². The fourth-order valence-electron chi connectivity index (χ4n) is 3.20. The number of ether oxygens (including phenoxy) is 1. The number of allylic oxidation sites excluding steroid dienone is 1. The van der Waals surface area contributed by atoms with Gasteiger partial charge in [0.25, 0.3) is 0 Å². The van der Waals surface area contributed by atoms with E-state index in [0.29, 0.717) is 0 Å². The van der Waals surface area contributed by atoms with Crippen LogP contribution >= 0.6 is 15.9 Å². The summed E-state index contributed by atoms with van der Waals surface area (Å²) < 4.78 is 6.38. The molecule has 0 fully saturated rings. The molecule has 0 saturated heterocycles. The molecular weight excluding hydrogens is 400 g/mol. The lowest BCUT2D eigenvalue weighted by Crippen LogP contribution is -1.97. The fraction of sp³-hybridized carbons (Fsp3) is 0.167. The predicted molar refractivity (Wildman–Crippen MR) is 116 cm³/mol. The number of hydrogen-bond acceptors (Lipinski definition) is 2. The van der Waals surface area contributed by atoms with Gasteiger partial charge in [-0.2, -0.15) is 0 Å². The molecule has 2 nitrogen and oxygen atoms in total. The highest BCUT2D eigenvalue weighted by molar-refractivity contribution is 9.10. The summed E-state index contributed by atoms with van der Waals surface area (Å²) in [6.45, 7) is 0.173. The lowest BCUT2D eigenvalue weighted by atomic mass is 9.87. The van der Waals surface area contributed by atoms with Crippen molar-refractivity contribution in [3.8, 4) is 5.75 Å². The average molecular weight is 423 g/mol. The summed E-state index contributed by atoms with van der Waals surface area (Å²) in [5, 5.41) is 9.44. The molecule has 0 saturated carbocycles. The van der Waals surface area contributed by atoms with E-state index in [9.17, 15) is 5.11 Å². The molecule has 0 amide bonds. The monoisotopic (exact) mass is 422 g/mol. The first-order chi connectivity index (χ1) is 13.2. The third-order valence-electron chi connectivity index (χ3n) is 4.52. The Bertz CT molecular complexity index is 882. The van der Waals surface area contributed by atoms with Gasteiger partial charge in [-0.15, -0.1) is 0 Å². The van der Waals surface area contributed by atoms with Gasteiger partial charge in [0, 0.05) is 11.1 Å². The quantitative estimate of drug-likeness (QED) is 0.459. The van der Waals surface area contributed by atoms with Gasteiger partial charge >= 0.3 is 0 Å². The van der Waals surface area contributed by atoms with Crippen molar-refractivity contribution in [1.29, 1.82) is 0 Å². The molecule has 0 spiro atoms. The molecule has 3 rings (SSSR count). The zero-order valence-corrected chi connectivity index (χ0v) is 16.9. The van der Waals surface area contributed by atoms with Crippen LogP contribution in [0.5, 0.6) is 5.75 Å². The van der Waals surface area contributed by atoms with E-state index < -0.39 is 0 Å². The van der Waals surface area contributed by atoms with Crippen LogP contribution in [0.1, 0.15) is 29.5 Å². The second-order valence-electron chi connectivity index (χ2n) is 6.28. The average Bonchev–Trinajstić information content (AvgIpc) is 2.73. The van der Waals surface area contributed by atoms with Crippen molar-refractivity contribution >= 4 is 27.1 Å². The number of benzene rings is 3. The second-order valence-corrected chi connectivity index (χ2v) is 7.20. The zero-order valence-electron chi connectivity index (χ0n) is 15.4. The number of aliphatic hydroxyl groups excluding tert-OH is 1. The first-order valence-electron chi connectivity index (χ1n) is 9.02. The standard InChI is InChI=1S/C24H23BrO2/c1-27-22-15-11-20(12-16-22)24(19-9-13-21(25)14-10-19)23(8-5-17-26)18-6-3-2-4-7-18/h2-4,6-7,9-16,26H,5,8,17H2,1H3/b24-23-. The van der Waals surface area contributed by atoms with Gasteiger partial charge in [-0.3, -0.25) is 0 Å². The molecule has 0 aliphatic rings. The van der Waals surface area contributed by atoms with E-state index in [-0.39, 0.29) is 6.61 Å². The summed E-state index contributed by atoms with van der Waals surface area (Å²) in [7, 11) is 1.68. The number of halogens is 1. The van der Waals surface area contributed by atoms with E-state index in [0.717, 1.165) is 34.2 Å². The Morgan fingerprint density at radius 1 is 0.815 bits per heavy atom. The minimum atomic E-state index is 0.173. The Morgan fingerprint density at radius 2 is 1.41 bits per heavy atom. The van der Waals surface area contributed by atoms with Gasteiger partial charge in [0.05, 0.1) is 7.11 Å². The molecule has 27 heavy (non-hydrogen) atoms. The van der Waals surface area contributed by atoms with Gasteiger partial charge in [-0.05, 0) is 64.9 Å². The molecular formula is C24H23BrO2. The summed E-state index contributed by atoms with van der Waals surface area (Å²) in [6, 6.07) is 27.0. The van der Waals surface area contributed by atoms with Crippen LogP contribution in [0.15, 0.2) is 83.3 Å². The van der Waals surface area contributed by atoms with Gasteiger partial charge in [0.1, 0.15) is 5.75 Å². The van der Waals surface area contributed by atoms with Gasteiger partial charge in [0.2, 0.25) is 0 Å². The minimum absolute atomic E-state index is 0.173. The van der Waals surface area contributed by atoms with E-state index >= 15 is 0 Å². The van der Waals surface area contributed by atoms with Crippen molar-refractivity contribution in [2.24, 2.45) is 0 Å². The van der Waals surface area contributed by atoms with E-state index in [2.05, 4.69) is 76.6 Å². The van der Waals surface area contributed by atoms with Gasteiger partial charge in [-0.1, -0.05) is 70.5 Å². The van der Waals surface area contributed by atoms with Crippen molar-refractivity contribution in [2.45, 2.75) is 12.8 Å². The molecule has 0 radical (unpaired) electrons. The van der Waals surface area contributed by atoms with Crippen molar-refractivity contribution in [2.75, 3.05) is 13.7 Å². The van der Waals surface area contributed by atoms with E-state index in [1.807, 2.05) is 18.2 Å². The Kier molecular flexibility index (Phi) is 6.86. The number of aliphatic hydroxyl groups is 1. The van der Waals surface area contributed by atoms with Crippen molar-refractivity contribution in [1.82, 2.24) is 0 Å². The smallest absolute Gasteiger partial charge is 0.118 e. The number of hydrogen-bond donors (Lipinski definition) is 1. The van der Waals surface area contributed by atoms with Crippen molar-refractivity contribution < 1.29 is 9.84 Å². The topological polar surface area (TPSA) is 29.5 Å².